The fourth-order valence-electron chi connectivity index (χ4n) is 4.57. The van der Waals surface area contributed by atoms with Crippen LogP contribution in [0.4, 0.5) is 0 Å². The predicted molar refractivity (Wildman–Crippen MR) is 136 cm³/mol. The maximum Gasteiger partial charge on any atom is 0.271 e. The number of halogens is 1. The van der Waals surface area contributed by atoms with Crippen molar-refractivity contribution in [2.75, 3.05) is 0 Å². The second kappa shape index (κ2) is 7.80. The maximum atomic E-state index is 13.6. The average Bonchev–Trinajstić information content (AvgIpc) is 3.44. The van der Waals surface area contributed by atoms with Crippen LogP contribution in [-0.4, -0.2) is 4.57 Å². The van der Waals surface area contributed by atoms with Gasteiger partial charge in [-0.3, -0.25) is 9.36 Å². The van der Waals surface area contributed by atoms with Gasteiger partial charge in [-0.2, -0.15) is 0 Å². The van der Waals surface area contributed by atoms with Crippen molar-refractivity contribution in [2.45, 2.75) is 25.8 Å². The number of allylic oxidation sites excluding steroid dienone is 1. The average molecular weight is 519 g/mol. The lowest BCUT2D eigenvalue weighted by atomic mass is 9.85. The molecule has 0 amide bonds. The van der Waals surface area contributed by atoms with E-state index < -0.39 is 0 Å². The summed E-state index contributed by atoms with van der Waals surface area (Å²) in [6.45, 7) is 2.06. The number of thiazole rings is 1. The van der Waals surface area contributed by atoms with Crippen LogP contribution in [0.1, 0.15) is 39.6 Å². The fraction of sp³-hybridized carbons (Fsp3) is 0.154. The van der Waals surface area contributed by atoms with E-state index >= 15 is 0 Å². The van der Waals surface area contributed by atoms with E-state index in [-0.39, 0.29) is 11.6 Å². The molecule has 1 atom stereocenters. The Labute approximate surface area is 201 Å². The highest BCUT2D eigenvalue weighted by Gasteiger charge is 2.32. The third kappa shape index (κ3) is 3.20. The molecule has 0 saturated heterocycles. The zero-order chi connectivity index (χ0) is 21.8. The highest BCUT2D eigenvalue weighted by molar-refractivity contribution is 9.10. The molecule has 6 heteroatoms. The first-order valence-electron chi connectivity index (χ1n) is 10.5. The van der Waals surface area contributed by atoms with E-state index in [1.54, 1.807) is 11.3 Å². The van der Waals surface area contributed by atoms with Crippen molar-refractivity contribution in [3.63, 3.8) is 0 Å². The van der Waals surface area contributed by atoms with Gasteiger partial charge >= 0.3 is 0 Å². The normalized spacial score (nSPS) is 17.6. The van der Waals surface area contributed by atoms with E-state index in [2.05, 4.69) is 82.8 Å². The summed E-state index contributed by atoms with van der Waals surface area (Å²) >= 11 is 6.79. The molecule has 1 aliphatic heterocycles. The Hall–Kier alpha value is -2.54. The summed E-state index contributed by atoms with van der Waals surface area (Å²) < 4.78 is 3.68. The molecular formula is C26H19BrN2OS2. The topological polar surface area (TPSA) is 34.4 Å². The van der Waals surface area contributed by atoms with Crippen LogP contribution >= 0.6 is 38.6 Å². The van der Waals surface area contributed by atoms with Crippen molar-refractivity contribution in [3.05, 3.63) is 117 Å². The molecule has 2 aromatic carbocycles. The first-order chi connectivity index (χ1) is 15.6. The van der Waals surface area contributed by atoms with Gasteiger partial charge in [0, 0.05) is 14.9 Å². The van der Waals surface area contributed by atoms with Gasteiger partial charge in [-0.15, -0.1) is 11.3 Å². The molecule has 2 aliphatic rings. The number of rotatable bonds is 2. The van der Waals surface area contributed by atoms with Crippen LogP contribution in [-0.2, 0) is 6.42 Å². The molecule has 2 aromatic heterocycles. The van der Waals surface area contributed by atoms with Gasteiger partial charge in [0.25, 0.3) is 5.56 Å². The van der Waals surface area contributed by atoms with Crippen molar-refractivity contribution in [1.29, 1.82) is 0 Å². The van der Waals surface area contributed by atoms with E-state index in [0.29, 0.717) is 4.53 Å². The SMILES string of the molecule is Cc1ccc(C=c2sc3n(c2=O)C(c2cccs2)C2=C(N=3)c3ccccc3CC2)cc1Br. The number of aromatic nitrogens is 1. The number of aryl methyl sites for hydroxylation is 2. The quantitative estimate of drug-likeness (QED) is 0.347. The molecule has 0 spiro atoms. The van der Waals surface area contributed by atoms with E-state index in [0.717, 1.165) is 33.4 Å². The van der Waals surface area contributed by atoms with Crippen LogP contribution in [0.2, 0.25) is 0 Å². The number of hydrogen-bond donors (Lipinski definition) is 0. The van der Waals surface area contributed by atoms with Crippen LogP contribution < -0.4 is 14.9 Å². The number of benzene rings is 2. The molecule has 0 radical (unpaired) electrons. The van der Waals surface area contributed by atoms with Crippen molar-refractivity contribution < 1.29 is 0 Å². The van der Waals surface area contributed by atoms with Crippen LogP contribution in [0.5, 0.6) is 0 Å². The fourth-order valence-corrected chi connectivity index (χ4v) is 6.81. The lowest BCUT2D eigenvalue weighted by Gasteiger charge is -2.30. The van der Waals surface area contributed by atoms with Gasteiger partial charge in [0.15, 0.2) is 4.80 Å². The van der Waals surface area contributed by atoms with Gasteiger partial charge < -0.3 is 0 Å². The van der Waals surface area contributed by atoms with Crippen molar-refractivity contribution in [1.82, 2.24) is 4.57 Å². The van der Waals surface area contributed by atoms with Crippen LogP contribution in [0.15, 0.2) is 79.8 Å². The second-order valence-electron chi connectivity index (χ2n) is 8.14. The van der Waals surface area contributed by atoms with E-state index in [9.17, 15) is 4.79 Å². The Bertz CT molecular complexity index is 1570. The molecule has 0 bridgehead atoms. The molecule has 1 unspecified atom stereocenters. The molecule has 1 aliphatic carbocycles. The largest absolute Gasteiger partial charge is 0.271 e. The molecule has 0 saturated carbocycles. The summed E-state index contributed by atoms with van der Waals surface area (Å²) in [4.78, 5) is 20.7. The highest BCUT2D eigenvalue weighted by Crippen LogP contribution is 2.42. The van der Waals surface area contributed by atoms with Gasteiger partial charge in [0.1, 0.15) is 0 Å². The van der Waals surface area contributed by atoms with E-state index in [1.165, 1.54) is 38.5 Å². The molecule has 0 fully saturated rings. The molecule has 3 nitrogen and oxygen atoms in total. The monoisotopic (exact) mass is 518 g/mol. The molecule has 158 valence electrons. The molecule has 3 heterocycles. The van der Waals surface area contributed by atoms with E-state index in [4.69, 9.17) is 4.99 Å². The van der Waals surface area contributed by atoms with Gasteiger partial charge in [-0.25, -0.2) is 4.99 Å². The number of nitrogens with zero attached hydrogens (tertiary/aromatic N) is 2. The minimum absolute atomic E-state index is 0.0363. The first-order valence-corrected chi connectivity index (χ1v) is 13.0. The Morgan fingerprint density at radius 2 is 2.00 bits per heavy atom. The highest BCUT2D eigenvalue weighted by atomic mass is 79.9. The minimum atomic E-state index is -0.0819. The number of hydrogen-bond acceptors (Lipinski definition) is 4. The summed E-state index contributed by atoms with van der Waals surface area (Å²) in [5.74, 6) is 0. The number of fused-ring (bicyclic) bond motifs is 3. The molecule has 32 heavy (non-hydrogen) atoms. The lowest BCUT2D eigenvalue weighted by molar-refractivity contribution is 0.593. The maximum absolute atomic E-state index is 13.6. The summed E-state index contributed by atoms with van der Waals surface area (Å²) in [6, 6.07) is 18.8. The van der Waals surface area contributed by atoms with Crippen LogP contribution in [0.25, 0.3) is 11.8 Å². The first kappa shape index (κ1) is 20.1. The third-order valence-electron chi connectivity index (χ3n) is 6.18. The minimum Gasteiger partial charge on any atom is -0.271 e. The Morgan fingerprint density at radius 1 is 1.12 bits per heavy atom. The Balaban J connectivity index is 1.61. The van der Waals surface area contributed by atoms with Crippen molar-refractivity contribution in [2.24, 2.45) is 4.99 Å². The van der Waals surface area contributed by atoms with Crippen LogP contribution in [0.3, 0.4) is 0 Å². The summed E-state index contributed by atoms with van der Waals surface area (Å²) in [7, 11) is 0. The summed E-state index contributed by atoms with van der Waals surface area (Å²) in [6.07, 6.45) is 3.89. The van der Waals surface area contributed by atoms with Gasteiger partial charge in [0.2, 0.25) is 0 Å². The molecule has 0 N–H and O–H groups in total. The van der Waals surface area contributed by atoms with Gasteiger partial charge in [-0.1, -0.05) is 69.7 Å². The molecule has 6 rings (SSSR count). The Kier molecular flexibility index (Phi) is 4.90. The zero-order valence-corrected chi connectivity index (χ0v) is 20.6. The zero-order valence-electron chi connectivity index (χ0n) is 17.3. The predicted octanol–water partition coefficient (Wildman–Crippen LogP) is 5.45. The molecule has 4 aromatic rings. The number of thiophene rings is 1. The third-order valence-corrected chi connectivity index (χ3v) is 8.94. The smallest absolute Gasteiger partial charge is 0.271 e. The van der Waals surface area contributed by atoms with Crippen molar-refractivity contribution >= 4 is 50.4 Å². The summed E-state index contributed by atoms with van der Waals surface area (Å²) in [5.41, 5.74) is 7.06. The second-order valence-corrected chi connectivity index (χ2v) is 11.0. The van der Waals surface area contributed by atoms with E-state index in [1.807, 2.05) is 10.6 Å². The summed E-state index contributed by atoms with van der Waals surface area (Å²) in [5, 5.41) is 2.09. The standard InChI is InChI=1S/C26H19BrN2OS2/c1-15-8-9-16(13-20(15)27)14-22-25(30)29-24(21-7-4-12-31-21)19-11-10-17-5-2-3-6-18(17)23(19)28-26(29)32-22/h2-9,12-14,24H,10-11H2,1H3. The van der Waals surface area contributed by atoms with Crippen LogP contribution in [0, 0.1) is 6.92 Å². The molecular weight excluding hydrogens is 500 g/mol. The van der Waals surface area contributed by atoms with Crippen molar-refractivity contribution in [3.8, 4) is 0 Å². The van der Waals surface area contributed by atoms with Gasteiger partial charge in [0.05, 0.1) is 16.3 Å². The Morgan fingerprint density at radius 3 is 2.81 bits per heavy atom. The van der Waals surface area contributed by atoms with Gasteiger partial charge in [-0.05, 0) is 65.6 Å². The lowest BCUT2D eigenvalue weighted by Crippen LogP contribution is -2.38.